The highest BCUT2D eigenvalue weighted by atomic mass is 32.2. The molecule has 0 spiro atoms. The number of hydrogen-bond acceptors (Lipinski definition) is 4. The third-order valence-electron chi connectivity index (χ3n) is 4.31. The second-order valence-corrected chi connectivity index (χ2v) is 7.10. The van der Waals surface area contributed by atoms with E-state index in [-0.39, 0.29) is 11.3 Å². The molecule has 0 unspecified atom stereocenters. The lowest BCUT2D eigenvalue weighted by molar-refractivity contribution is -0.137. The van der Waals surface area contributed by atoms with Gasteiger partial charge in [0, 0.05) is 18.4 Å². The summed E-state index contributed by atoms with van der Waals surface area (Å²) < 4.78 is 48.8. The first-order valence-electron chi connectivity index (χ1n) is 8.17. The summed E-state index contributed by atoms with van der Waals surface area (Å²) in [5.74, 6) is 1.43. The number of nitrogens with zero attached hydrogens (tertiary/aromatic N) is 1. The molecule has 2 aromatic carbocycles. The summed E-state index contributed by atoms with van der Waals surface area (Å²) in [6.45, 7) is 0.504. The van der Waals surface area contributed by atoms with Crippen molar-refractivity contribution in [3.63, 3.8) is 0 Å². The minimum atomic E-state index is -4.38. The number of alkyl halides is 3. The van der Waals surface area contributed by atoms with Crippen LogP contribution in [-0.4, -0.2) is 37.3 Å². The predicted octanol–water partition coefficient (Wildman–Crippen LogP) is 4.61. The Bertz CT molecular complexity index is 824. The molecule has 2 aromatic rings. The molecule has 27 heavy (non-hydrogen) atoms. The van der Waals surface area contributed by atoms with Gasteiger partial charge in [0.15, 0.2) is 0 Å². The highest BCUT2D eigenvalue weighted by molar-refractivity contribution is 7.99. The summed E-state index contributed by atoms with van der Waals surface area (Å²) in [5.41, 5.74) is 0.341. The third kappa shape index (κ3) is 4.00. The Kier molecular flexibility index (Phi) is 5.55. The number of hydrogen-bond donors (Lipinski definition) is 0. The molecular weight excluding hydrogens is 379 g/mol. The van der Waals surface area contributed by atoms with E-state index in [2.05, 4.69) is 0 Å². The van der Waals surface area contributed by atoms with Crippen LogP contribution in [0, 0.1) is 0 Å². The van der Waals surface area contributed by atoms with Crippen LogP contribution in [0.1, 0.15) is 26.9 Å². The first kappa shape index (κ1) is 19.4. The summed E-state index contributed by atoms with van der Waals surface area (Å²) in [6.07, 6.45) is -4.38. The predicted molar refractivity (Wildman–Crippen MR) is 97.2 cm³/mol. The van der Waals surface area contributed by atoms with Crippen molar-refractivity contribution in [2.75, 3.05) is 26.5 Å². The number of carbonyl (C=O) groups is 1. The molecule has 1 heterocycles. The van der Waals surface area contributed by atoms with Crippen LogP contribution in [0.4, 0.5) is 13.2 Å². The van der Waals surface area contributed by atoms with Crippen LogP contribution in [0.15, 0.2) is 42.5 Å². The van der Waals surface area contributed by atoms with Crippen LogP contribution < -0.4 is 9.47 Å². The van der Waals surface area contributed by atoms with Crippen LogP contribution >= 0.6 is 11.8 Å². The van der Waals surface area contributed by atoms with E-state index in [4.69, 9.17) is 9.47 Å². The zero-order valence-electron chi connectivity index (χ0n) is 14.7. The van der Waals surface area contributed by atoms with Gasteiger partial charge in [-0.05, 0) is 29.8 Å². The lowest BCUT2D eigenvalue weighted by Crippen LogP contribution is -2.30. The Morgan fingerprint density at radius 2 is 1.81 bits per heavy atom. The van der Waals surface area contributed by atoms with Gasteiger partial charge in [0.2, 0.25) is 0 Å². The van der Waals surface area contributed by atoms with Crippen molar-refractivity contribution >= 4 is 17.7 Å². The van der Waals surface area contributed by atoms with Crippen molar-refractivity contribution in [2.24, 2.45) is 0 Å². The van der Waals surface area contributed by atoms with Gasteiger partial charge in [0.25, 0.3) is 5.91 Å². The Balaban J connectivity index is 1.87. The van der Waals surface area contributed by atoms with Gasteiger partial charge in [0.05, 0.1) is 25.3 Å². The summed E-state index contributed by atoms with van der Waals surface area (Å²) in [5, 5.41) is -0.341. The molecule has 144 valence electrons. The van der Waals surface area contributed by atoms with Gasteiger partial charge in [0.1, 0.15) is 16.9 Å². The van der Waals surface area contributed by atoms with E-state index >= 15 is 0 Å². The molecule has 1 aliphatic heterocycles. The molecule has 1 amide bonds. The summed E-state index contributed by atoms with van der Waals surface area (Å²) in [4.78, 5) is 14.7. The number of carbonyl (C=O) groups excluding carboxylic acids is 1. The Morgan fingerprint density at radius 1 is 1.11 bits per heavy atom. The topological polar surface area (TPSA) is 38.8 Å². The fourth-order valence-corrected chi connectivity index (χ4v) is 4.18. The smallest absolute Gasteiger partial charge is 0.416 e. The Labute approximate surface area is 159 Å². The monoisotopic (exact) mass is 397 g/mol. The zero-order chi connectivity index (χ0) is 19.6. The first-order chi connectivity index (χ1) is 12.8. The third-order valence-corrected chi connectivity index (χ3v) is 5.57. The molecule has 0 aliphatic carbocycles. The molecule has 0 bridgehead atoms. The van der Waals surface area contributed by atoms with Gasteiger partial charge in [-0.1, -0.05) is 12.1 Å². The van der Waals surface area contributed by atoms with Gasteiger partial charge in [-0.2, -0.15) is 13.2 Å². The lowest BCUT2D eigenvalue weighted by atomic mass is 10.1. The number of amides is 1. The molecule has 0 aromatic heterocycles. The van der Waals surface area contributed by atoms with Gasteiger partial charge in [-0.15, -0.1) is 11.8 Å². The first-order valence-corrected chi connectivity index (χ1v) is 9.22. The van der Waals surface area contributed by atoms with Crippen LogP contribution in [-0.2, 0) is 6.18 Å². The molecule has 1 aliphatic rings. The average molecular weight is 397 g/mol. The molecule has 0 N–H and O–H groups in total. The van der Waals surface area contributed by atoms with Crippen LogP contribution in [0.5, 0.6) is 11.5 Å². The molecular formula is C19H18F3NO3S. The quantitative estimate of drug-likeness (QED) is 0.755. The fourth-order valence-electron chi connectivity index (χ4n) is 2.92. The van der Waals surface area contributed by atoms with E-state index in [1.807, 2.05) is 0 Å². The number of halogens is 3. The van der Waals surface area contributed by atoms with Crippen LogP contribution in [0.3, 0.4) is 0 Å². The molecule has 0 saturated carbocycles. The van der Waals surface area contributed by atoms with Gasteiger partial charge >= 0.3 is 6.18 Å². The largest absolute Gasteiger partial charge is 0.497 e. The van der Waals surface area contributed by atoms with E-state index in [9.17, 15) is 18.0 Å². The maximum absolute atomic E-state index is 13.0. The van der Waals surface area contributed by atoms with Crippen molar-refractivity contribution in [3.05, 3.63) is 59.2 Å². The van der Waals surface area contributed by atoms with Crippen molar-refractivity contribution in [1.82, 2.24) is 4.90 Å². The molecule has 3 rings (SSSR count). The van der Waals surface area contributed by atoms with Crippen molar-refractivity contribution in [3.8, 4) is 11.5 Å². The molecule has 1 fully saturated rings. The average Bonchev–Trinajstić information content (AvgIpc) is 3.16. The Hall–Kier alpha value is -2.35. The molecule has 1 atom stereocenters. The van der Waals surface area contributed by atoms with Gasteiger partial charge in [-0.25, -0.2) is 0 Å². The SMILES string of the molecule is COc1ccc(C(=O)N2CCS[C@H]2c2ccc(C(F)(F)F)cc2)c(OC)c1. The summed E-state index contributed by atoms with van der Waals surface area (Å²) >= 11 is 1.52. The lowest BCUT2D eigenvalue weighted by Gasteiger charge is -2.25. The number of rotatable bonds is 4. The van der Waals surface area contributed by atoms with Crippen molar-refractivity contribution in [2.45, 2.75) is 11.6 Å². The maximum Gasteiger partial charge on any atom is 0.416 e. The second kappa shape index (κ2) is 7.72. The minimum absolute atomic E-state index is 0.232. The number of thioether (sulfide) groups is 1. The highest BCUT2D eigenvalue weighted by Gasteiger charge is 2.34. The standard InChI is InChI=1S/C19H18F3NO3S/c1-25-14-7-8-15(16(11-14)26-2)17(24)23-9-10-27-18(23)12-3-5-13(6-4-12)19(20,21)22/h3-8,11,18H,9-10H2,1-2H3/t18-/m0/s1. The molecule has 4 nitrogen and oxygen atoms in total. The number of benzene rings is 2. The second-order valence-electron chi connectivity index (χ2n) is 5.91. The van der Waals surface area contributed by atoms with E-state index < -0.39 is 11.7 Å². The zero-order valence-corrected chi connectivity index (χ0v) is 15.6. The Morgan fingerprint density at radius 3 is 2.41 bits per heavy atom. The number of methoxy groups -OCH3 is 2. The maximum atomic E-state index is 13.0. The van der Waals surface area contributed by atoms with E-state index in [0.717, 1.165) is 12.1 Å². The fraction of sp³-hybridized carbons (Fsp3) is 0.316. The van der Waals surface area contributed by atoms with Crippen LogP contribution in [0.25, 0.3) is 0 Å². The van der Waals surface area contributed by atoms with Crippen molar-refractivity contribution in [1.29, 1.82) is 0 Å². The van der Waals surface area contributed by atoms with Crippen molar-refractivity contribution < 1.29 is 27.4 Å². The number of ether oxygens (including phenoxy) is 2. The van der Waals surface area contributed by atoms with E-state index in [0.29, 0.717) is 34.9 Å². The minimum Gasteiger partial charge on any atom is -0.497 e. The normalized spacial score (nSPS) is 17.1. The summed E-state index contributed by atoms with van der Waals surface area (Å²) in [6, 6.07) is 9.88. The van der Waals surface area contributed by atoms with Crippen LogP contribution in [0.2, 0.25) is 0 Å². The van der Waals surface area contributed by atoms with Gasteiger partial charge in [-0.3, -0.25) is 4.79 Å². The van der Waals surface area contributed by atoms with Gasteiger partial charge < -0.3 is 14.4 Å². The molecule has 0 radical (unpaired) electrons. The summed E-state index contributed by atoms with van der Waals surface area (Å²) in [7, 11) is 2.99. The molecule has 1 saturated heterocycles. The molecule has 8 heteroatoms. The highest BCUT2D eigenvalue weighted by Crippen LogP contribution is 2.41. The van der Waals surface area contributed by atoms with E-state index in [1.165, 1.54) is 38.1 Å². The van der Waals surface area contributed by atoms with E-state index in [1.54, 1.807) is 23.1 Å².